The second-order valence-corrected chi connectivity index (χ2v) is 5.03. The average molecular weight is 281 g/mol. The largest absolute Gasteiger partial charge is 0.381 e. The smallest absolute Gasteiger partial charge is 0.0804 e. The molecule has 2 aromatic heterocycles. The predicted molar refractivity (Wildman–Crippen MR) is 65.7 cm³/mol. The average Bonchev–Trinajstić information content (AvgIpc) is 2.72. The van der Waals surface area contributed by atoms with Crippen LogP contribution in [-0.2, 0) is 4.74 Å². The molecular formula is C12H13BrN2O. The Morgan fingerprint density at radius 1 is 1.31 bits per heavy atom. The van der Waals surface area contributed by atoms with Gasteiger partial charge in [-0.2, -0.15) is 5.10 Å². The summed E-state index contributed by atoms with van der Waals surface area (Å²) in [6.45, 7) is 1.76. The monoisotopic (exact) mass is 280 g/mol. The Hall–Kier alpha value is -0.870. The van der Waals surface area contributed by atoms with E-state index >= 15 is 0 Å². The normalized spacial score (nSPS) is 18.1. The minimum atomic E-state index is 0.626. The molecule has 2 aromatic rings. The number of ether oxygens (including phenoxy) is 1. The number of aromatic nitrogens is 2. The van der Waals surface area contributed by atoms with Crippen LogP contribution in [0.4, 0.5) is 0 Å². The molecule has 0 saturated carbocycles. The Morgan fingerprint density at radius 2 is 2.12 bits per heavy atom. The third-order valence-corrected chi connectivity index (χ3v) is 3.80. The lowest BCUT2D eigenvalue weighted by atomic mass is 9.93. The number of rotatable bonds is 1. The fourth-order valence-corrected chi connectivity index (χ4v) is 2.65. The summed E-state index contributed by atoms with van der Waals surface area (Å²) >= 11 is 3.48. The van der Waals surface area contributed by atoms with Crippen molar-refractivity contribution in [2.24, 2.45) is 0 Å². The Kier molecular flexibility index (Phi) is 2.69. The summed E-state index contributed by atoms with van der Waals surface area (Å²) in [5, 5.41) is 4.31. The topological polar surface area (TPSA) is 26.5 Å². The van der Waals surface area contributed by atoms with Crippen molar-refractivity contribution >= 4 is 21.4 Å². The molecule has 1 fully saturated rings. The molecule has 0 radical (unpaired) electrons. The van der Waals surface area contributed by atoms with Gasteiger partial charge in [0, 0.05) is 19.4 Å². The van der Waals surface area contributed by atoms with Gasteiger partial charge in [-0.15, -0.1) is 0 Å². The maximum absolute atomic E-state index is 5.38. The van der Waals surface area contributed by atoms with Crippen molar-refractivity contribution in [3.63, 3.8) is 0 Å². The summed E-state index contributed by atoms with van der Waals surface area (Å²) < 4.78 is 8.37. The standard InChI is InChI=1S/C12H13BrN2O/c13-11-7-14-15-8-10(1-2-12(11)15)9-3-5-16-6-4-9/h1-2,7-9H,3-6H2. The van der Waals surface area contributed by atoms with E-state index < -0.39 is 0 Å². The molecule has 1 aliphatic rings. The van der Waals surface area contributed by atoms with Crippen LogP contribution in [0.15, 0.2) is 29.0 Å². The van der Waals surface area contributed by atoms with Crippen LogP contribution in [-0.4, -0.2) is 22.8 Å². The van der Waals surface area contributed by atoms with Crippen molar-refractivity contribution in [3.05, 3.63) is 34.6 Å². The summed E-state index contributed by atoms with van der Waals surface area (Å²) in [6.07, 6.45) is 6.21. The molecule has 84 valence electrons. The van der Waals surface area contributed by atoms with E-state index in [1.807, 2.05) is 10.7 Å². The van der Waals surface area contributed by atoms with Crippen LogP contribution in [0.3, 0.4) is 0 Å². The lowest BCUT2D eigenvalue weighted by Gasteiger charge is -2.22. The van der Waals surface area contributed by atoms with E-state index in [0.29, 0.717) is 5.92 Å². The van der Waals surface area contributed by atoms with E-state index in [9.17, 15) is 0 Å². The lowest BCUT2D eigenvalue weighted by Crippen LogP contribution is -2.14. The summed E-state index contributed by atoms with van der Waals surface area (Å²) in [4.78, 5) is 0. The third-order valence-electron chi connectivity index (χ3n) is 3.18. The van der Waals surface area contributed by atoms with Gasteiger partial charge >= 0.3 is 0 Å². The number of hydrogen-bond acceptors (Lipinski definition) is 2. The van der Waals surface area contributed by atoms with Crippen LogP contribution >= 0.6 is 15.9 Å². The minimum Gasteiger partial charge on any atom is -0.381 e. The Morgan fingerprint density at radius 3 is 2.94 bits per heavy atom. The molecule has 4 heteroatoms. The van der Waals surface area contributed by atoms with Crippen LogP contribution in [0.25, 0.3) is 5.52 Å². The zero-order chi connectivity index (χ0) is 11.0. The minimum absolute atomic E-state index is 0.626. The van der Waals surface area contributed by atoms with E-state index in [0.717, 1.165) is 36.0 Å². The molecule has 0 N–H and O–H groups in total. The number of halogens is 1. The maximum Gasteiger partial charge on any atom is 0.0804 e. The summed E-state index contributed by atoms with van der Waals surface area (Å²) in [5.74, 6) is 0.626. The molecule has 16 heavy (non-hydrogen) atoms. The fourth-order valence-electron chi connectivity index (χ4n) is 2.24. The molecular weight excluding hydrogens is 268 g/mol. The molecule has 0 aliphatic carbocycles. The van der Waals surface area contributed by atoms with Crippen molar-refractivity contribution in [3.8, 4) is 0 Å². The highest BCUT2D eigenvalue weighted by Gasteiger charge is 2.16. The van der Waals surface area contributed by atoms with Gasteiger partial charge in [-0.1, -0.05) is 6.07 Å². The molecule has 0 aromatic carbocycles. The summed E-state index contributed by atoms with van der Waals surface area (Å²) in [5.41, 5.74) is 2.49. The van der Waals surface area contributed by atoms with E-state index in [-0.39, 0.29) is 0 Å². The van der Waals surface area contributed by atoms with Gasteiger partial charge in [0.15, 0.2) is 0 Å². The Labute approximate surface area is 103 Å². The van der Waals surface area contributed by atoms with E-state index in [2.05, 4.69) is 39.4 Å². The summed E-state index contributed by atoms with van der Waals surface area (Å²) in [6, 6.07) is 4.33. The Bertz CT molecular complexity index is 503. The van der Waals surface area contributed by atoms with Crippen molar-refractivity contribution in [1.29, 1.82) is 0 Å². The highest BCUT2D eigenvalue weighted by molar-refractivity contribution is 9.10. The zero-order valence-corrected chi connectivity index (χ0v) is 10.5. The van der Waals surface area contributed by atoms with Crippen molar-refractivity contribution in [2.75, 3.05) is 13.2 Å². The quantitative estimate of drug-likeness (QED) is 0.803. The first-order chi connectivity index (χ1) is 7.84. The molecule has 1 aliphatic heterocycles. The van der Waals surface area contributed by atoms with Gasteiger partial charge in [-0.05, 0) is 46.3 Å². The van der Waals surface area contributed by atoms with E-state index in [4.69, 9.17) is 4.74 Å². The van der Waals surface area contributed by atoms with Gasteiger partial charge in [-0.25, -0.2) is 4.52 Å². The number of hydrogen-bond donors (Lipinski definition) is 0. The predicted octanol–water partition coefficient (Wildman–Crippen LogP) is 2.99. The fraction of sp³-hybridized carbons (Fsp3) is 0.417. The Balaban J connectivity index is 1.97. The highest BCUT2D eigenvalue weighted by Crippen LogP contribution is 2.28. The van der Waals surface area contributed by atoms with Gasteiger partial charge in [0.05, 0.1) is 16.2 Å². The number of fused-ring (bicyclic) bond motifs is 1. The van der Waals surface area contributed by atoms with Gasteiger partial charge in [-0.3, -0.25) is 0 Å². The molecule has 0 spiro atoms. The van der Waals surface area contributed by atoms with Gasteiger partial charge in [0.25, 0.3) is 0 Å². The lowest BCUT2D eigenvalue weighted by molar-refractivity contribution is 0.0852. The molecule has 3 heterocycles. The first kappa shape index (κ1) is 10.3. The van der Waals surface area contributed by atoms with Crippen LogP contribution < -0.4 is 0 Å². The molecule has 0 atom stereocenters. The van der Waals surface area contributed by atoms with Crippen LogP contribution in [0.1, 0.15) is 24.3 Å². The number of pyridine rings is 1. The molecule has 0 bridgehead atoms. The first-order valence-electron chi connectivity index (χ1n) is 5.55. The van der Waals surface area contributed by atoms with Crippen LogP contribution in [0.5, 0.6) is 0 Å². The van der Waals surface area contributed by atoms with Crippen LogP contribution in [0.2, 0.25) is 0 Å². The molecule has 3 nitrogen and oxygen atoms in total. The van der Waals surface area contributed by atoms with E-state index in [1.165, 1.54) is 5.56 Å². The second-order valence-electron chi connectivity index (χ2n) is 4.17. The van der Waals surface area contributed by atoms with Gasteiger partial charge in [0.2, 0.25) is 0 Å². The highest BCUT2D eigenvalue weighted by atomic mass is 79.9. The van der Waals surface area contributed by atoms with Gasteiger partial charge in [0.1, 0.15) is 0 Å². The molecule has 0 amide bonds. The summed E-state index contributed by atoms with van der Waals surface area (Å²) in [7, 11) is 0. The van der Waals surface area contributed by atoms with Crippen molar-refractivity contribution < 1.29 is 4.74 Å². The first-order valence-corrected chi connectivity index (χ1v) is 6.34. The molecule has 3 rings (SSSR count). The molecule has 1 saturated heterocycles. The van der Waals surface area contributed by atoms with Crippen LogP contribution in [0, 0.1) is 0 Å². The van der Waals surface area contributed by atoms with Crippen molar-refractivity contribution in [1.82, 2.24) is 9.61 Å². The maximum atomic E-state index is 5.38. The number of nitrogens with zero attached hydrogens (tertiary/aromatic N) is 2. The zero-order valence-electron chi connectivity index (χ0n) is 8.90. The van der Waals surface area contributed by atoms with Gasteiger partial charge < -0.3 is 4.74 Å². The van der Waals surface area contributed by atoms with E-state index in [1.54, 1.807) is 0 Å². The second kappa shape index (κ2) is 4.18. The SMILES string of the molecule is Brc1cnn2cc(C3CCOCC3)ccc12. The third kappa shape index (κ3) is 1.76. The van der Waals surface area contributed by atoms with Crippen molar-refractivity contribution in [2.45, 2.75) is 18.8 Å². The molecule has 0 unspecified atom stereocenters.